The smallest absolute Gasteiger partial charge is 0.165 e. The first-order valence-corrected chi connectivity index (χ1v) is 6.23. The summed E-state index contributed by atoms with van der Waals surface area (Å²) in [5.41, 5.74) is 6.28. The van der Waals surface area contributed by atoms with Crippen LogP contribution < -0.4 is 10.5 Å². The van der Waals surface area contributed by atoms with Crippen molar-refractivity contribution in [3.05, 3.63) is 41.7 Å². The number of benzene rings is 1. The molecule has 1 aromatic heterocycles. The van der Waals surface area contributed by atoms with Gasteiger partial charge in [0.05, 0.1) is 0 Å². The van der Waals surface area contributed by atoms with Crippen LogP contribution in [0.15, 0.2) is 24.5 Å². The lowest BCUT2D eigenvalue weighted by Gasteiger charge is -2.11. The molecule has 19 heavy (non-hydrogen) atoms. The third-order valence-electron chi connectivity index (χ3n) is 2.80. The maximum Gasteiger partial charge on any atom is 0.165 e. The number of nitrogens with two attached hydrogens (primary N) is 1. The topological polar surface area (TPSA) is 66.0 Å². The number of hydrogen-bond acceptors (Lipinski definition) is 4. The Bertz CT molecular complexity index is 541. The SMILES string of the molecule is CCn1ncnc1COc1c(F)cccc1CCN. The van der Waals surface area contributed by atoms with Crippen molar-refractivity contribution in [2.24, 2.45) is 5.73 Å². The molecule has 0 aliphatic carbocycles. The molecule has 2 rings (SSSR count). The minimum atomic E-state index is -0.381. The number of aryl methyl sites for hydroxylation is 1. The fourth-order valence-corrected chi connectivity index (χ4v) is 1.87. The average molecular weight is 264 g/mol. The van der Waals surface area contributed by atoms with E-state index in [1.54, 1.807) is 10.7 Å². The van der Waals surface area contributed by atoms with Gasteiger partial charge < -0.3 is 10.5 Å². The third-order valence-corrected chi connectivity index (χ3v) is 2.80. The summed E-state index contributed by atoms with van der Waals surface area (Å²) < 4.78 is 21.0. The van der Waals surface area contributed by atoms with Gasteiger partial charge in [-0.3, -0.25) is 0 Å². The summed E-state index contributed by atoms with van der Waals surface area (Å²) in [5, 5.41) is 4.04. The van der Waals surface area contributed by atoms with Gasteiger partial charge in [0.1, 0.15) is 12.9 Å². The molecule has 0 aliphatic rings. The molecule has 0 spiro atoms. The summed E-state index contributed by atoms with van der Waals surface area (Å²) in [5.74, 6) is 0.538. The van der Waals surface area contributed by atoms with Crippen LogP contribution in [0.1, 0.15) is 18.3 Å². The van der Waals surface area contributed by atoms with Crippen LogP contribution in [0.2, 0.25) is 0 Å². The highest BCUT2D eigenvalue weighted by atomic mass is 19.1. The Hall–Kier alpha value is -1.95. The quantitative estimate of drug-likeness (QED) is 0.859. The first-order chi connectivity index (χ1) is 9.26. The van der Waals surface area contributed by atoms with Gasteiger partial charge >= 0.3 is 0 Å². The van der Waals surface area contributed by atoms with Crippen LogP contribution in [0.5, 0.6) is 5.75 Å². The van der Waals surface area contributed by atoms with E-state index in [0.29, 0.717) is 25.3 Å². The molecule has 0 aliphatic heterocycles. The van der Waals surface area contributed by atoms with E-state index in [-0.39, 0.29) is 18.2 Å². The maximum atomic E-state index is 13.8. The van der Waals surface area contributed by atoms with Crippen molar-refractivity contribution in [2.45, 2.75) is 26.5 Å². The molecule has 0 radical (unpaired) electrons. The van der Waals surface area contributed by atoms with Crippen molar-refractivity contribution in [2.75, 3.05) is 6.54 Å². The molecule has 0 unspecified atom stereocenters. The van der Waals surface area contributed by atoms with Crippen molar-refractivity contribution in [3.8, 4) is 5.75 Å². The Morgan fingerprint density at radius 1 is 1.42 bits per heavy atom. The molecule has 0 amide bonds. The highest BCUT2D eigenvalue weighted by Gasteiger charge is 2.11. The first-order valence-electron chi connectivity index (χ1n) is 6.23. The van der Waals surface area contributed by atoms with E-state index in [1.165, 1.54) is 12.4 Å². The van der Waals surface area contributed by atoms with E-state index in [0.717, 1.165) is 5.56 Å². The lowest BCUT2D eigenvalue weighted by molar-refractivity contribution is 0.270. The Labute approximate surface area is 111 Å². The molecule has 0 atom stereocenters. The van der Waals surface area contributed by atoms with Gasteiger partial charge in [-0.1, -0.05) is 12.1 Å². The van der Waals surface area contributed by atoms with Crippen molar-refractivity contribution in [3.63, 3.8) is 0 Å². The number of halogens is 1. The van der Waals surface area contributed by atoms with Crippen LogP contribution >= 0.6 is 0 Å². The lowest BCUT2D eigenvalue weighted by Crippen LogP contribution is -2.10. The predicted octanol–water partition coefficient (Wildman–Crippen LogP) is 1.52. The lowest BCUT2D eigenvalue weighted by atomic mass is 10.1. The first kappa shape index (κ1) is 13.5. The van der Waals surface area contributed by atoms with Gasteiger partial charge in [-0.15, -0.1) is 0 Å². The molecule has 2 aromatic rings. The highest BCUT2D eigenvalue weighted by molar-refractivity contribution is 5.35. The van der Waals surface area contributed by atoms with Gasteiger partial charge in [-0.05, 0) is 31.5 Å². The van der Waals surface area contributed by atoms with Crippen molar-refractivity contribution < 1.29 is 9.13 Å². The molecule has 1 aromatic carbocycles. The van der Waals surface area contributed by atoms with Crippen molar-refractivity contribution >= 4 is 0 Å². The van der Waals surface area contributed by atoms with Crippen molar-refractivity contribution in [1.82, 2.24) is 14.8 Å². The van der Waals surface area contributed by atoms with E-state index >= 15 is 0 Å². The molecule has 0 saturated heterocycles. The van der Waals surface area contributed by atoms with E-state index in [1.807, 2.05) is 13.0 Å². The van der Waals surface area contributed by atoms with E-state index < -0.39 is 0 Å². The number of aromatic nitrogens is 3. The highest BCUT2D eigenvalue weighted by Crippen LogP contribution is 2.23. The zero-order valence-corrected chi connectivity index (χ0v) is 10.8. The average Bonchev–Trinajstić information content (AvgIpc) is 2.86. The zero-order valence-electron chi connectivity index (χ0n) is 10.8. The van der Waals surface area contributed by atoms with Gasteiger partial charge in [0, 0.05) is 6.54 Å². The Kier molecular flexibility index (Phi) is 4.46. The van der Waals surface area contributed by atoms with Gasteiger partial charge in [-0.2, -0.15) is 5.10 Å². The molecular formula is C13H17FN4O. The molecule has 2 N–H and O–H groups in total. The van der Waals surface area contributed by atoms with Gasteiger partial charge in [-0.25, -0.2) is 14.1 Å². The minimum absolute atomic E-state index is 0.187. The zero-order chi connectivity index (χ0) is 13.7. The van der Waals surface area contributed by atoms with E-state index in [4.69, 9.17) is 10.5 Å². The molecule has 5 nitrogen and oxygen atoms in total. The van der Waals surface area contributed by atoms with Crippen LogP contribution in [0, 0.1) is 5.82 Å². The summed E-state index contributed by atoms with van der Waals surface area (Å²) >= 11 is 0. The standard InChI is InChI=1S/C13H17FN4O/c1-2-18-12(16-9-17-18)8-19-13-10(6-7-15)4-3-5-11(13)14/h3-5,9H,2,6-8,15H2,1H3. The summed E-state index contributed by atoms with van der Waals surface area (Å²) in [7, 11) is 0. The second-order valence-electron chi connectivity index (χ2n) is 4.05. The number of hydrogen-bond donors (Lipinski definition) is 1. The van der Waals surface area contributed by atoms with E-state index in [2.05, 4.69) is 10.1 Å². The van der Waals surface area contributed by atoms with Crippen LogP contribution in [0.3, 0.4) is 0 Å². The number of nitrogens with zero attached hydrogens (tertiary/aromatic N) is 3. The van der Waals surface area contributed by atoms with Crippen molar-refractivity contribution in [1.29, 1.82) is 0 Å². The fourth-order valence-electron chi connectivity index (χ4n) is 1.87. The molecule has 0 saturated carbocycles. The van der Waals surface area contributed by atoms with Crippen LogP contribution in [-0.4, -0.2) is 21.3 Å². The van der Waals surface area contributed by atoms with Crippen LogP contribution in [0.4, 0.5) is 4.39 Å². The molecular weight excluding hydrogens is 247 g/mol. The molecule has 1 heterocycles. The maximum absolute atomic E-state index is 13.8. The van der Waals surface area contributed by atoms with Crippen LogP contribution in [-0.2, 0) is 19.6 Å². The molecule has 0 fully saturated rings. The monoisotopic (exact) mass is 264 g/mol. The molecule has 6 heteroatoms. The Morgan fingerprint density at radius 2 is 2.26 bits per heavy atom. The normalized spacial score (nSPS) is 10.7. The van der Waals surface area contributed by atoms with Gasteiger partial charge in [0.2, 0.25) is 0 Å². The predicted molar refractivity (Wildman–Crippen MR) is 69.2 cm³/mol. The minimum Gasteiger partial charge on any atom is -0.482 e. The molecule has 0 bridgehead atoms. The number of ether oxygens (including phenoxy) is 1. The van der Waals surface area contributed by atoms with Gasteiger partial charge in [0.15, 0.2) is 17.4 Å². The number of rotatable bonds is 6. The third kappa shape index (κ3) is 3.08. The second-order valence-corrected chi connectivity index (χ2v) is 4.05. The largest absolute Gasteiger partial charge is 0.482 e. The number of para-hydroxylation sites is 1. The van der Waals surface area contributed by atoms with E-state index in [9.17, 15) is 4.39 Å². The fraction of sp³-hybridized carbons (Fsp3) is 0.385. The summed E-state index contributed by atoms with van der Waals surface area (Å²) in [6.07, 6.45) is 2.04. The second kappa shape index (κ2) is 6.29. The summed E-state index contributed by atoms with van der Waals surface area (Å²) in [4.78, 5) is 4.09. The van der Waals surface area contributed by atoms with Crippen LogP contribution in [0.25, 0.3) is 0 Å². The molecule has 102 valence electrons. The van der Waals surface area contributed by atoms with Gasteiger partial charge in [0.25, 0.3) is 0 Å². The summed E-state index contributed by atoms with van der Waals surface area (Å²) in [6.45, 7) is 3.30. The Morgan fingerprint density at radius 3 is 3.00 bits per heavy atom. The Balaban J connectivity index is 2.15. The summed E-state index contributed by atoms with van der Waals surface area (Å²) in [6, 6.07) is 4.84.